The van der Waals surface area contributed by atoms with Crippen LogP contribution in [0.25, 0.3) is 16.6 Å². The number of rotatable bonds is 6. The Morgan fingerprint density at radius 3 is 2.54 bits per heavy atom. The van der Waals surface area contributed by atoms with Crippen molar-refractivity contribution in [3.8, 4) is 22.9 Å². The molecule has 3 atom stereocenters. The Hall–Kier alpha value is -3.84. The normalized spacial score (nSPS) is 20.9. The van der Waals surface area contributed by atoms with Crippen LogP contribution in [0.4, 0.5) is 10.6 Å². The minimum atomic E-state index is -0.988. The first kappa shape index (κ1) is 24.8. The van der Waals surface area contributed by atoms with E-state index in [0.717, 1.165) is 30.0 Å². The van der Waals surface area contributed by atoms with Crippen LogP contribution < -0.4 is 15.0 Å². The van der Waals surface area contributed by atoms with Crippen LogP contribution >= 0.6 is 0 Å². The first-order valence-electron chi connectivity index (χ1n) is 12.4. The number of amides is 1. The van der Waals surface area contributed by atoms with Gasteiger partial charge in [-0.1, -0.05) is 0 Å². The van der Waals surface area contributed by atoms with Gasteiger partial charge in [0.25, 0.3) is 0 Å². The van der Waals surface area contributed by atoms with Gasteiger partial charge >= 0.3 is 6.09 Å². The Labute approximate surface area is 215 Å². The predicted molar refractivity (Wildman–Crippen MR) is 137 cm³/mol. The van der Waals surface area contributed by atoms with Gasteiger partial charge in [-0.05, 0) is 52.8 Å². The lowest BCUT2D eigenvalue weighted by molar-refractivity contribution is 0.0283. The summed E-state index contributed by atoms with van der Waals surface area (Å²) in [6, 6.07) is 8.15. The summed E-state index contributed by atoms with van der Waals surface area (Å²) in [5, 5.41) is 26.9. The lowest BCUT2D eigenvalue weighted by Gasteiger charge is -2.23. The predicted octanol–water partition coefficient (Wildman–Crippen LogP) is 3.38. The smallest absolute Gasteiger partial charge is 0.407 e. The first-order valence-corrected chi connectivity index (χ1v) is 12.4. The highest BCUT2D eigenvalue weighted by Gasteiger charge is 2.57. The second kappa shape index (κ2) is 8.92. The number of piperidine rings is 1. The van der Waals surface area contributed by atoms with E-state index in [-0.39, 0.29) is 18.7 Å². The van der Waals surface area contributed by atoms with Crippen LogP contribution in [0.1, 0.15) is 40.2 Å². The molecular formula is C27H32N6O4. The monoisotopic (exact) mass is 504 g/mol. The molecule has 0 radical (unpaired) electrons. The molecule has 10 heteroatoms. The molecule has 1 saturated heterocycles. The highest BCUT2D eigenvalue weighted by molar-refractivity contribution is 5.85. The Morgan fingerprint density at radius 1 is 1.22 bits per heavy atom. The number of ether oxygens (including phenoxy) is 2. The van der Waals surface area contributed by atoms with Crippen molar-refractivity contribution in [2.45, 2.75) is 51.9 Å². The second-order valence-electron chi connectivity index (χ2n) is 11.5. The molecule has 2 aliphatic rings. The maximum absolute atomic E-state index is 12.1. The van der Waals surface area contributed by atoms with Crippen LogP contribution in [0.3, 0.4) is 0 Å². The maximum atomic E-state index is 12.1. The lowest BCUT2D eigenvalue weighted by atomic mass is 10.1. The van der Waals surface area contributed by atoms with Gasteiger partial charge in [-0.15, -0.1) is 0 Å². The summed E-state index contributed by atoms with van der Waals surface area (Å²) in [6.07, 6.45) is 4.65. The Kier molecular flexibility index (Phi) is 5.99. The van der Waals surface area contributed by atoms with Crippen molar-refractivity contribution < 1.29 is 19.4 Å². The number of fused-ring (bicyclic) bond motifs is 2. The van der Waals surface area contributed by atoms with Gasteiger partial charge in [0.2, 0.25) is 0 Å². The van der Waals surface area contributed by atoms with Gasteiger partial charge in [-0.3, -0.25) is 0 Å². The van der Waals surface area contributed by atoms with E-state index in [2.05, 4.69) is 21.4 Å². The molecule has 0 aromatic carbocycles. The van der Waals surface area contributed by atoms with E-state index in [0.29, 0.717) is 28.7 Å². The third-order valence-corrected chi connectivity index (χ3v) is 6.56. The number of carbonyl (C=O) groups is 1. The van der Waals surface area contributed by atoms with Crippen LogP contribution in [0.15, 0.2) is 36.8 Å². The van der Waals surface area contributed by atoms with Gasteiger partial charge in [0.1, 0.15) is 29.8 Å². The molecular weight excluding hydrogens is 472 g/mol. The summed E-state index contributed by atoms with van der Waals surface area (Å²) >= 11 is 0. The summed E-state index contributed by atoms with van der Waals surface area (Å²) in [5.74, 6) is 2.18. The lowest BCUT2D eigenvalue weighted by Crippen LogP contribution is -2.38. The van der Waals surface area contributed by atoms with Gasteiger partial charge in [0.15, 0.2) is 0 Å². The van der Waals surface area contributed by atoms with Gasteiger partial charge in [0.05, 0.1) is 29.1 Å². The third-order valence-electron chi connectivity index (χ3n) is 6.56. The van der Waals surface area contributed by atoms with E-state index < -0.39 is 11.2 Å². The molecule has 5 rings (SSSR count). The molecule has 3 aromatic rings. The molecule has 194 valence electrons. The van der Waals surface area contributed by atoms with Gasteiger partial charge < -0.3 is 24.8 Å². The van der Waals surface area contributed by atoms with Crippen LogP contribution in [0.5, 0.6) is 5.75 Å². The number of pyridine rings is 2. The molecule has 1 saturated carbocycles. The number of nitrogens with one attached hydrogen (secondary N) is 1. The van der Waals surface area contributed by atoms with Crippen molar-refractivity contribution in [1.29, 1.82) is 5.26 Å². The van der Waals surface area contributed by atoms with Gasteiger partial charge in [0, 0.05) is 48.3 Å². The standard InChI is InChI=1S/C27H32N6O4/c1-26(2,3)37-25(34)31-23-20-13-32(14-21(20)23)22-7-6-16(10-29-22)19-8-18(36-15-27(4,5)35)12-33-24(19)17(9-28)11-30-33/h6-8,10-12,20-21,23,35H,13-15H2,1-5H3,(H,31,34)/t20-,21+,23-. The molecule has 1 amide bonds. The van der Waals surface area contributed by atoms with Crippen molar-refractivity contribution >= 4 is 17.4 Å². The van der Waals surface area contributed by atoms with Gasteiger partial charge in [-0.25, -0.2) is 14.3 Å². The van der Waals surface area contributed by atoms with Crippen molar-refractivity contribution in [3.63, 3.8) is 0 Å². The molecule has 2 fully saturated rings. The average Bonchev–Trinajstić information content (AvgIpc) is 3.17. The zero-order valence-corrected chi connectivity index (χ0v) is 21.7. The molecule has 1 aliphatic heterocycles. The number of hydrogen-bond donors (Lipinski definition) is 2. The molecule has 4 heterocycles. The fraction of sp³-hybridized carbons (Fsp3) is 0.481. The second-order valence-corrected chi connectivity index (χ2v) is 11.5. The molecule has 0 spiro atoms. The van der Waals surface area contributed by atoms with Crippen LogP contribution in [0, 0.1) is 23.2 Å². The van der Waals surface area contributed by atoms with E-state index in [1.165, 1.54) is 6.20 Å². The number of aliphatic hydroxyl groups is 1. The summed E-state index contributed by atoms with van der Waals surface area (Å²) in [7, 11) is 0. The van der Waals surface area contributed by atoms with Crippen molar-refractivity contribution in [2.24, 2.45) is 11.8 Å². The highest BCUT2D eigenvalue weighted by atomic mass is 16.6. The molecule has 37 heavy (non-hydrogen) atoms. The topological polar surface area (TPSA) is 125 Å². The largest absolute Gasteiger partial charge is 0.489 e. The minimum Gasteiger partial charge on any atom is -0.489 e. The Morgan fingerprint density at radius 2 is 1.95 bits per heavy atom. The average molecular weight is 505 g/mol. The van der Waals surface area contributed by atoms with Crippen molar-refractivity contribution in [1.82, 2.24) is 19.9 Å². The molecule has 10 nitrogen and oxygen atoms in total. The highest BCUT2D eigenvalue weighted by Crippen LogP contribution is 2.46. The summed E-state index contributed by atoms with van der Waals surface area (Å²) in [6.45, 7) is 10.7. The fourth-order valence-corrected chi connectivity index (χ4v) is 4.84. The van der Waals surface area contributed by atoms with E-state index in [1.54, 1.807) is 30.8 Å². The zero-order chi connectivity index (χ0) is 26.5. The fourth-order valence-electron chi connectivity index (χ4n) is 4.84. The molecule has 1 aliphatic carbocycles. The SMILES string of the molecule is CC(C)(O)COc1cc(-c2ccc(N3C[C@@H]4[C@H](C3)[C@@H]4NC(=O)OC(C)(C)C)nc2)c2c(C#N)cnn2c1. The van der Waals surface area contributed by atoms with E-state index in [1.807, 2.05) is 39.0 Å². The number of hydrogen-bond acceptors (Lipinski definition) is 8. The molecule has 2 N–H and O–H groups in total. The van der Waals surface area contributed by atoms with Crippen LogP contribution in [0.2, 0.25) is 0 Å². The van der Waals surface area contributed by atoms with Crippen molar-refractivity contribution in [3.05, 3.63) is 42.4 Å². The molecule has 0 unspecified atom stereocenters. The quantitative estimate of drug-likeness (QED) is 0.523. The summed E-state index contributed by atoms with van der Waals surface area (Å²) in [5.41, 5.74) is 1.23. The number of alkyl carbamates (subject to hydrolysis) is 1. The number of nitriles is 1. The Balaban J connectivity index is 1.30. The summed E-state index contributed by atoms with van der Waals surface area (Å²) in [4.78, 5) is 19.0. The third kappa shape index (κ3) is 5.32. The maximum Gasteiger partial charge on any atom is 0.407 e. The van der Waals surface area contributed by atoms with E-state index in [4.69, 9.17) is 14.5 Å². The molecule has 3 aromatic heterocycles. The van der Waals surface area contributed by atoms with E-state index in [9.17, 15) is 15.2 Å². The number of aromatic nitrogens is 3. The molecule has 0 bridgehead atoms. The number of anilines is 1. The Bertz CT molecular complexity index is 1350. The zero-order valence-electron chi connectivity index (χ0n) is 21.7. The number of nitrogens with zero attached hydrogens (tertiary/aromatic N) is 5. The van der Waals surface area contributed by atoms with Gasteiger partial charge in [-0.2, -0.15) is 10.4 Å². The van der Waals surface area contributed by atoms with Crippen LogP contribution in [-0.2, 0) is 4.74 Å². The number of carbonyl (C=O) groups excluding carboxylic acids is 1. The first-order chi connectivity index (χ1) is 17.4. The van der Waals surface area contributed by atoms with Crippen molar-refractivity contribution in [2.75, 3.05) is 24.6 Å². The van der Waals surface area contributed by atoms with E-state index >= 15 is 0 Å². The minimum absolute atomic E-state index is 0.114. The van der Waals surface area contributed by atoms with Crippen LogP contribution in [-0.4, -0.2) is 62.7 Å². The summed E-state index contributed by atoms with van der Waals surface area (Å²) < 4.78 is 12.8.